The maximum atomic E-state index is 4.36. The van der Waals surface area contributed by atoms with E-state index >= 15 is 0 Å². The third-order valence-corrected chi connectivity index (χ3v) is 3.40. The number of hydrogen-bond acceptors (Lipinski definition) is 2. The molecule has 3 aromatic rings. The van der Waals surface area contributed by atoms with Crippen molar-refractivity contribution < 1.29 is 20.1 Å². The van der Waals surface area contributed by atoms with E-state index in [1.165, 1.54) is 11.1 Å². The van der Waals surface area contributed by atoms with E-state index in [9.17, 15) is 0 Å². The van der Waals surface area contributed by atoms with E-state index < -0.39 is 0 Å². The molecule has 0 aliphatic heterocycles. The first-order valence-corrected chi connectivity index (χ1v) is 6.26. The number of rotatable bonds is 2. The summed E-state index contributed by atoms with van der Waals surface area (Å²) >= 11 is 1.64. The molecule has 93 valence electrons. The summed E-state index contributed by atoms with van der Waals surface area (Å²) in [6.07, 6.45) is 7.23. The normalized spacial score (nSPS) is 10.1. The fourth-order valence-electron chi connectivity index (χ4n) is 1.87. The van der Waals surface area contributed by atoms with Crippen molar-refractivity contribution in [3.05, 3.63) is 54.3 Å². The third-order valence-electron chi connectivity index (χ3n) is 2.61. The second-order valence-corrected chi connectivity index (χ2v) is 4.74. The SMILES string of the molecule is Cn1[c-]c(-c2nccs2)c(-c2ccccc2)c1.[Ir]. The van der Waals surface area contributed by atoms with Crippen LogP contribution in [0.25, 0.3) is 21.7 Å². The van der Waals surface area contributed by atoms with Crippen molar-refractivity contribution >= 4 is 11.3 Å². The van der Waals surface area contributed by atoms with Gasteiger partial charge in [0.2, 0.25) is 0 Å². The molecule has 0 aliphatic carbocycles. The van der Waals surface area contributed by atoms with E-state index in [1.54, 1.807) is 11.3 Å². The molecule has 2 nitrogen and oxygen atoms in total. The van der Waals surface area contributed by atoms with E-state index in [2.05, 4.69) is 29.5 Å². The van der Waals surface area contributed by atoms with Crippen molar-refractivity contribution in [3.63, 3.8) is 0 Å². The summed E-state index contributed by atoms with van der Waals surface area (Å²) < 4.78 is 1.96. The molecule has 0 atom stereocenters. The van der Waals surface area contributed by atoms with Gasteiger partial charge < -0.3 is 4.57 Å². The van der Waals surface area contributed by atoms with Gasteiger partial charge in [0.25, 0.3) is 0 Å². The van der Waals surface area contributed by atoms with Gasteiger partial charge in [-0.2, -0.15) is 11.3 Å². The number of nitrogens with zero attached hydrogens (tertiary/aromatic N) is 2. The summed E-state index contributed by atoms with van der Waals surface area (Å²) in [5.74, 6) is 0. The molecule has 18 heavy (non-hydrogen) atoms. The molecule has 3 rings (SSSR count). The molecule has 0 spiro atoms. The maximum absolute atomic E-state index is 4.36. The van der Waals surface area contributed by atoms with Gasteiger partial charge in [0, 0.05) is 36.7 Å². The van der Waals surface area contributed by atoms with Gasteiger partial charge in [-0.05, 0) is 7.05 Å². The summed E-state index contributed by atoms with van der Waals surface area (Å²) in [4.78, 5) is 4.36. The largest absolute Gasteiger partial charge is 0.442 e. The van der Waals surface area contributed by atoms with E-state index in [4.69, 9.17) is 0 Å². The molecular formula is C14H11IrN2S-. The van der Waals surface area contributed by atoms with Crippen molar-refractivity contribution in [2.24, 2.45) is 7.05 Å². The van der Waals surface area contributed by atoms with Crippen LogP contribution in [0.4, 0.5) is 0 Å². The van der Waals surface area contributed by atoms with Crippen molar-refractivity contribution in [1.29, 1.82) is 0 Å². The third kappa shape index (κ3) is 2.46. The molecule has 4 heteroatoms. The van der Waals surface area contributed by atoms with Crippen molar-refractivity contribution in [1.82, 2.24) is 9.55 Å². The Balaban J connectivity index is 0.00000120. The van der Waals surface area contributed by atoms with Gasteiger partial charge >= 0.3 is 0 Å². The first-order valence-electron chi connectivity index (χ1n) is 5.38. The molecule has 2 heterocycles. The van der Waals surface area contributed by atoms with Gasteiger partial charge in [-0.25, -0.2) is 0 Å². The Morgan fingerprint density at radius 3 is 2.67 bits per heavy atom. The molecular weight excluding hydrogens is 420 g/mol. The van der Waals surface area contributed by atoms with E-state index in [-0.39, 0.29) is 20.1 Å². The smallest absolute Gasteiger partial charge is 0.0414 e. The maximum Gasteiger partial charge on any atom is 0.0414 e. The predicted molar refractivity (Wildman–Crippen MR) is 70.8 cm³/mol. The Kier molecular flexibility index (Phi) is 4.12. The molecule has 0 amide bonds. The molecule has 0 fully saturated rings. The number of hydrogen-bond donors (Lipinski definition) is 0. The van der Waals surface area contributed by atoms with Gasteiger partial charge in [0.1, 0.15) is 0 Å². The zero-order chi connectivity index (χ0) is 11.7. The van der Waals surface area contributed by atoms with Crippen molar-refractivity contribution in [2.45, 2.75) is 0 Å². The van der Waals surface area contributed by atoms with E-state index in [0.29, 0.717) is 0 Å². The van der Waals surface area contributed by atoms with Gasteiger partial charge in [0.15, 0.2) is 0 Å². The molecule has 0 bridgehead atoms. The molecule has 0 saturated heterocycles. The average Bonchev–Trinajstić information content (AvgIpc) is 2.98. The topological polar surface area (TPSA) is 17.8 Å². The standard InChI is InChI=1S/C14H11N2S.Ir/c1-16-9-12(11-5-3-2-4-6-11)13(10-16)14-15-7-8-17-14;/h2-9H,1H3;/q-1;. The summed E-state index contributed by atoms with van der Waals surface area (Å²) in [6, 6.07) is 10.3. The summed E-state index contributed by atoms with van der Waals surface area (Å²) in [5.41, 5.74) is 3.46. The first-order chi connectivity index (χ1) is 8.34. The molecule has 2 aromatic heterocycles. The summed E-state index contributed by atoms with van der Waals surface area (Å²) in [5, 5.41) is 3.01. The van der Waals surface area contributed by atoms with Gasteiger partial charge in [0.05, 0.1) is 0 Å². The van der Waals surface area contributed by atoms with Crippen LogP contribution < -0.4 is 0 Å². The fraction of sp³-hybridized carbons (Fsp3) is 0.0714. The van der Waals surface area contributed by atoms with Crippen LogP contribution in [0.1, 0.15) is 0 Å². The number of aromatic nitrogens is 2. The fourth-order valence-corrected chi connectivity index (χ4v) is 2.52. The van der Waals surface area contributed by atoms with Crippen LogP contribution in [0.2, 0.25) is 0 Å². The van der Waals surface area contributed by atoms with Crippen LogP contribution >= 0.6 is 11.3 Å². The van der Waals surface area contributed by atoms with Crippen molar-refractivity contribution in [3.8, 4) is 21.7 Å². The van der Waals surface area contributed by atoms with Crippen LogP contribution in [-0.2, 0) is 27.2 Å². The quantitative estimate of drug-likeness (QED) is 0.567. The van der Waals surface area contributed by atoms with E-state index in [1.807, 2.05) is 41.4 Å². The zero-order valence-electron chi connectivity index (χ0n) is 9.75. The monoisotopic (exact) mass is 432 g/mol. The van der Waals surface area contributed by atoms with Crippen LogP contribution in [-0.4, -0.2) is 9.55 Å². The van der Waals surface area contributed by atoms with E-state index in [0.717, 1.165) is 10.6 Å². The Morgan fingerprint density at radius 1 is 1.22 bits per heavy atom. The molecule has 1 aromatic carbocycles. The molecule has 0 N–H and O–H groups in total. The minimum atomic E-state index is 0. The molecule has 0 unspecified atom stereocenters. The molecule has 0 saturated carbocycles. The molecule has 1 radical (unpaired) electrons. The Morgan fingerprint density at radius 2 is 2.00 bits per heavy atom. The summed E-state index contributed by atoms with van der Waals surface area (Å²) in [6.45, 7) is 0. The Labute approximate surface area is 124 Å². The van der Waals surface area contributed by atoms with Gasteiger partial charge in [-0.1, -0.05) is 47.7 Å². The molecule has 0 aliphatic rings. The number of benzene rings is 1. The minimum Gasteiger partial charge on any atom is -0.442 e. The summed E-state index contributed by atoms with van der Waals surface area (Å²) in [7, 11) is 1.99. The van der Waals surface area contributed by atoms with Gasteiger partial charge in [-0.3, -0.25) is 4.98 Å². The predicted octanol–water partition coefficient (Wildman–Crippen LogP) is 3.61. The zero-order valence-corrected chi connectivity index (χ0v) is 13.0. The van der Waals surface area contributed by atoms with Crippen molar-refractivity contribution in [2.75, 3.05) is 0 Å². The second-order valence-electron chi connectivity index (χ2n) is 3.84. The first kappa shape index (κ1) is 13.2. The average molecular weight is 432 g/mol. The van der Waals surface area contributed by atoms with Crippen LogP contribution in [0.3, 0.4) is 0 Å². The number of aryl methyl sites for hydroxylation is 1. The number of thiazole rings is 1. The van der Waals surface area contributed by atoms with Gasteiger partial charge in [-0.15, -0.1) is 11.8 Å². The van der Waals surface area contributed by atoms with Crippen LogP contribution in [0.15, 0.2) is 48.1 Å². The van der Waals surface area contributed by atoms with Crippen LogP contribution in [0, 0.1) is 6.20 Å². The Bertz CT molecular complexity index is 615. The minimum absolute atomic E-state index is 0. The Hall–Kier alpha value is -1.22. The second kappa shape index (κ2) is 5.61. The van der Waals surface area contributed by atoms with Crippen LogP contribution in [0.5, 0.6) is 0 Å².